The van der Waals surface area contributed by atoms with Crippen LogP contribution in [0.4, 0.5) is 5.69 Å². The van der Waals surface area contributed by atoms with Gasteiger partial charge in [0.25, 0.3) is 0 Å². The molecule has 0 saturated heterocycles. The molecule has 1 atom stereocenters. The zero-order valence-corrected chi connectivity index (χ0v) is 13.0. The van der Waals surface area contributed by atoms with Crippen LogP contribution in [-0.4, -0.2) is 5.11 Å². The third-order valence-electron chi connectivity index (χ3n) is 3.15. The van der Waals surface area contributed by atoms with E-state index >= 15 is 0 Å². The van der Waals surface area contributed by atoms with E-state index in [1.54, 1.807) is 6.07 Å². The molecule has 0 bridgehead atoms. The number of aryl methyl sites for hydroxylation is 2. The topological polar surface area (TPSA) is 32.3 Å². The maximum atomic E-state index is 9.95. The van der Waals surface area contributed by atoms with Crippen LogP contribution in [0.1, 0.15) is 29.7 Å². The summed E-state index contributed by atoms with van der Waals surface area (Å²) in [6.07, 6.45) is 0. The van der Waals surface area contributed by atoms with E-state index in [4.69, 9.17) is 0 Å². The first-order valence-corrected chi connectivity index (χ1v) is 7.09. The molecule has 0 fully saturated rings. The van der Waals surface area contributed by atoms with Gasteiger partial charge in [0.1, 0.15) is 5.75 Å². The highest BCUT2D eigenvalue weighted by Gasteiger charge is 2.11. The highest BCUT2D eigenvalue weighted by Crippen LogP contribution is 2.31. The molecule has 2 aromatic carbocycles. The molecule has 0 aliphatic carbocycles. The fourth-order valence-electron chi connectivity index (χ4n) is 2.07. The quantitative estimate of drug-likeness (QED) is 0.839. The van der Waals surface area contributed by atoms with Crippen LogP contribution in [0.15, 0.2) is 40.9 Å². The molecule has 0 saturated carbocycles. The van der Waals surface area contributed by atoms with Gasteiger partial charge in [0.05, 0.1) is 6.04 Å². The molecule has 0 aliphatic heterocycles. The molecule has 0 aromatic heterocycles. The number of aromatic hydroxyl groups is 1. The Bertz CT molecular complexity index is 595. The Labute approximate surface area is 122 Å². The van der Waals surface area contributed by atoms with E-state index < -0.39 is 0 Å². The average molecular weight is 320 g/mol. The molecule has 0 heterocycles. The van der Waals surface area contributed by atoms with Gasteiger partial charge in [-0.15, -0.1) is 0 Å². The molecule has 2 aromatic rings. The number of benzene rings is 2. The van der Waals surface area contributed by atoms with Crippen LogP contribution in [0.3, 0.4) is 0 Å². The summed E-state index contributed by atoms with van der Waals surface area (Å²) in [4.78, 5) is 0. The molecule has 2 N–H and O–H groups in total. The number of phenols is 1. The van der Waals surface area contributed by atoms with Gasteiger partial charge in [-0.05, 0) is 60.5 Å². The van der Waals surface area contributed by atoms with Gasteiger partial charge in [0.15, 0.2) is 0 Å². The Kier molecular flexibility index (Phi) is 4.15. The number of rotatable bonds is 3. The van der Waals surface area contributed by atoms with Crippen LogP contribution >= 0.6 is 15.9 Å². The molecular weight excluding hydrogens is 302 g/mol. The second-order valence-electron chi connectivity index (χ2n) is 4.91. The van der Waals surface area contributed by atoms with Crippen LogP contribution in [-0.2, 0) is 0 Å². The molecule has 3 heteroatoms. The number of hydrogen-bond donors (Lipinski definition) is 2. The van der Waals surface area contributed by atoms with E-state index in [0.29, 0.717) is 5.75 Å². The van der Waals surface area contributed by atoms with Crippen molar-refractivity contribution in [3.63, 3.8) is 0 Å². The Morgan fingerprint density at radius 1 is 1.05 bits per heavy atom. The number of halogens is 1. The normalized spacial score (nSPS) is 12.2. The summed E-state index contributed by atoms with van der Waals surface area (Å²) in [5, 5.41) is 13.4. The van der Waals surface area contributed by atoms with Crippen molar-refractivity contribution in [2.24, 2.45) is 0 Å². The van der Waals surface area contributed by atoms with E-state index in [1.807, 2.05) is 32.0 Å². The highest BCUT2D eigenvalue weighted by atomic mass is 79.9. The van der Waals surface area contributed by atoms with Crippen LogP contribution < -0.4 is 5.32 Å². The molecule has 0 amide bonds. The number of phenolic OH excluding ortho intramolecular Hbond substituents is 1. The smallest absolute Gasteiger partial charge is 0.120 e. The summed E-state index contributed by atoms with van der Waals surface area (Å²) in [7, 11) is 0. The second kappa shape index (κ2) is 5.66. The molecule has 100 valence electrons. The van der Waals surface area contributed by atoms with Gasteiger partial charge < -0.3 is 10.4 Å². The van der Waals surface area contributed by atoms with Gasteiger partial charge in [-0.2, -0.15) is 0 Å². The van der Waals surface area contributed by atoms with Crippen molar-refractivity contribution in [3.05, 3.63) is 57.6 Å². The maximum absolute atomic E-state index is 9.95. The van der Waals surface area contributed by atoms with Crippen molar-refractivity contribution >= 4 is 21.6 Å². The van der Waals surface area contributed by atoms with E-state index in [0.717, 1.165) is 21.3 Å². The predicted octanol–water partition coefficient (Wildman–Crippen LogP) is 4.94. The van der Waals surface area contributed by atoms with E-state index in [1.165, 1.54) is 5.56 Å². The van der Waals surface area contributed by atoms with Gasteiger partial charge in [0.2, 0.25) is 0 Å². The van der Waals surface area contributed by atoms with Crippen LogP contribution in [0.2, 0.25) is 0 Å². The Hall–Kier alpha value is -1.48. The first kappa shape index (κ1) is 13.9. The minimum atomic E-state index is 0.0407. The van der Waals surface area contributed by atoms with E-state index in [9.17, 15) is 5.11 Å². The highest BCUT2D eigenvalue weighted by molar-refractivity contribution is 9.10. The molecule has 2 rings (SSSR count). The van der Waals surface area contributed by atoms with Gasteiger partial charge in [0, 0.05) is 15.7 Å². The van der Waals surface area contributed by atoms with Crippen molar-refractivity contribution in [1.82, 2.24) is 0 Å². The summed E-state index contributed by atoms with van der Waals surface area (Å²) < 4.78 is 1.03. The predicted molar refractivity (Wildman–Crippen MR) is 83.8 cm³/mol. The molecule has 0 aliphatic rings. The summed E-state index contributed by atoms with van der Waals surface area (Å²) in [5.41, 5.74) is 4.29. The fraction of sp³-hybridized carbons (Fsp3) is 0.250. The molecule has 0 radical (unpaired) electrons. The van der Waals surface area contributed by atoms with Crippen molar-refractivity contribution in [2.75, 3.05) is 5.32 Å². The van der Waals surface area contributed by atoms with Crippen molar-refractivity contribution in [1.29, 1.82) is 0 Å². The second-order valence-corrected chi connectivity index (χ2v) is 5.77. The lowest BCUT2D eigenvalue weighted by Crippen LogP contribution is -2.07. The standard InChI is InChI=1S/C16H18BrNO/c1-10-5-7-16(19)13(8-10)12(3)18-15-6-4-11(2)9-14(15)17/h4-9,12,18-19H,1-3H3. The lowest BCUT2D eigenvalue weighted by molar-refractivity contribution is 0.465. The molecule has 19 heavy (non-hydrogen) atoms. The molecule has 2 nitrogen and oxygen atoms in total. The zero-order chi connectivity index (χ0) is 14.0. The largest absolute Gasteiger partial charge is 0.508 e. The first-order chi connectivity index (χ1) is 8.97. The SMILES string of the molecule is Cc1ccc(NC(C)c2cc(C)ccc2O)c(Br)c1. The third kappa shape index (κ3) is 3.29. The molecule has 1 unspecified atom stereocenters. The average Bonchev–Trinajstić information content (AvgIpc) is 2.35. The van der Waals surface area contributed by atoms with Gasteiger partial charge in [-0.3, -0.25) is 0 Å². The van der Waals surface area contributed by atoms with Gasteiger partial charge >= 0.3 is 0 Å². The van der Waals surface area contributed by atoms with E-state index in [-0.39, 0.29) is 6.04 Å². The number of hydrogen-bond acceptors (Lipinski definition) is 2. The van der Waals surface area contributed by atoms with Crippen molar-refractivity contribution in [2.45, 2.75) is 26.8 Å². The zero-order valence-electron chi connectivity index (χ0n) is 11.4. The minimum Gasteiger partial charge on any atom is -0.508 e. The van der Waals surface area contributed by atoms with Gasteiger partial charge in [-0.25, -0.2) is 0 Å². The fourth-order valence-corrected chi connectivity index (χ4v) is 2.68. The molecular formula is C16H18BrNO. The monoisotopic (exact) mass is 319 g/mol. The van der Waals surface area contributed by atoms with Crippen LogP contribution in [0.5, 0.6) is 5.75 Å². The minimum absolute atomic E-state index is 0.0407. The van der Waals surface area contributed by atoms with Crippen molar-refractivity contribution < 1.29 is 5.11 Å². The van der Waals surface area contributed by atoms with Crippen molar-refractivity contribution in [3.8, 4) is 5.75 Å². The van der Waals surface area contributed by atoms with Crippen LogP contribution in [0, 0.1) is 13.8 Å². The maximum Gasteiger partial charge on any atom is 0.120 e. The number of nitrogens with one attached hydrogen (secondary N) is 1. The summed E-state index contributed by atoms with van der Waals surface area (Å²) in [6, 6.07) is 11.9. The summed E-state index contributed by atoms with van der Waals surface area (Å²) >= 11 is 3.56. The van der Waals surface area contributed by atoms with E-state index in [2.05, 4.69) is 40.3 Å². The lowest BCUT2D eigenvalue weighted by atomic mass is 10.0. The summed E-state index contributed by atoms with van der Waals surface area (Å²) in [5.74, 6) is 0.328. The third-order valence-corrected chi connectivity index (χ3v) is 3.80. The Morgan fingerprint density at radius 2 is 1.68 bits per heavy atom. The first-order valence-electron chi connectivity index (χ1n) is 6.29. The number of anilines is 1. The Morgan fingerprint density at radius 3 is 2.37 bits per heavy atom. The van der Waals surface area contributed by atoms with Crippen LogP contribution in [0.25, 0.3) is 0 Å². The summed E-state index contributed by atoms with van der Waals surface area (Å²) in [6.45, 7) is 6.13. The van der Waals surface area contributed by atoms with Gasteiger partial charge in [-0.1, -0.05) is 23.8 Å². The lowest BCUT2D eigenvalue weighted by Gasteiger charge is -2.18. The molecule has 0 spiro atoms. The Balaban J connectivity index is 2.25.